The molecule has 4 aromatic rings. The summed E-state index contributed by atoms with van der Waals surface area (Å²) >= 11 is 0. The Balaban J connectivity index is 1.54. The van der Waals surface area contributed by atoms with Crippen molar-refractivity contribution in [2.75, 3.05) is 51.6 Å². The number of hydrogen-bond donors (Lipinski definition) is 3. The van der Waals surface area contributed by atoms with Gasteiger partial charge in [0.15, 0.2) is 0 Å². The van der Waals surface area contributed by atoms with Gasteiger partial charge < -0.3 is 34.6 Å². The molecule has 0 amide bonds. The number of aliphatic hydroxyl groups is 2. The molecule has 210 valence electrons. The van der Waals surface area contributed by atoms with Gasteiger partial charge >= 0.3 is 0 Å². The van der Waals surface area contributed by atoms with Crippen molar-refractivity contribution >= 4 is 33.9 Å². The molecule has 0 saturated heterocycles. The van der Waals surface area contributed by atoms with Gasteiger partial charge in [-0.2, -0.15) is 0 Å². The van der Waals surface area contributed by atoms with Crippen molar-refractivity contribution in [2.45, 2.75) is 25.2 Å². The number of ether oxygens (including phenoxy) is 1. The van der Waals surface area contributed by atoms with Crippen molar-refractivity contribution in [3.63, 3.8) is 0 Å². The number of aliphatic hydroxyl groups excluding tert-OH is 2. The van der Waals surface area contributed by atoms with Crippen LogP contribution in [0.15, 0.2) is 48.7 Å². The highest BCUT2D eigenvalue weighted by Gasteiger charge is 2.31. The van der Waals surface area contributed by atoms with Crippen molar-refractivity contribution in [3.8, 4) is 17.0 Å². The molecule has 3 N–H and O–H groups in total. The number of nitrogens with zero attached hydrogens (tertiary/aromatic N) is 6. The molecular formula is C28H33N7O5. The standard InChI is InChI=1S/C28H33N7O5/c1-32(2)11-12-33(3)21-15-26(40-4)19(13-22(21)35(38)39)31-28-29-10-9-18(30-28)27-17-7-5-6-8-20(17)34-16-25(37)24(36)14-23(27)34/h5-10,13,15,24-25,36-37H,11-12,14,16H2,1-4H3,(H,29,30,31). The third kappa shape index (κ3) is 5.16. The summed E-state index contributed by atoms with van der Waals surface area (Å²) in [5.41, 5.74) is 4.03. The van der Waals surface area contributed by atoms with E-state index in [0.29, 0.717) is 29.4 Å². The fourth-order valence-electron chi connectivity index (χ4n) is 5.13. The molecule has 1 aliphatic rings. The van der Waals surface area contributed by atoms with Crippen molar-refractivity contribution in [1.82, 2.24) is 19.4 Å². The number of aromatic nitrogens is 3. The van der Waals surface area contributed by atoms with E-state index in [0.717, 1.165) is 28.7 Å². The second-order valence-electron chi connectivity index (χ2n) is 10.2. The highest BCUT2D eigenvalue weighted by molar-refractivity contribution is 5.97. The van der Waals surface area contributed by atoms with Gasteiger partial charge in [-0.05, 0) is 26.2 Å². The number of fused-ring (bicyclic) bond motifs is 3. The minimum absolute atomic E-state index is 0.0687. The normalized spacial score (nSPS) is 16.7. The minimum Gasteiger partial charge on any atom is -0.494 e. The van der Waals surface area contributed by atoms with Crippen LogP contribution in [0, 0.1) is 10.1 Å². The first-order chi connectivity index (χ1) is 19.2. The molecule has 2 aromatic heterocycles. The lowest BCUT2D eigenvalue weighted by molar-refractivity contribution is -0.384. The highest BCUT2D eigenvalue weighted by Crippen LogP contribution is 2.40. The molecule has 2 atom stereocenters. The van der Waals surface area contributed by atoms with Crippen LogP contribution in [-0.4, -0.2) is 88.1 Å². The van der Waals surface area contributed by atoms with Crippen molar-refractivity contribution in [3.05, 3.63) is 64.5 Å². The average molecular weight is 548 g/mol. The highest BCUT2D eigenvalue weighted by atomic mass is 16.6. The summed E-state index contributed by atoms with van der Waals surface area (Å²) in [5.74, 6) is 0.648. The Morgan fingerprint density at radius 2 is 1.93 bits per heavy atom. The summed E-state index contributed by atoms with van der Waals surface area (Å²) in [5, 5.41) is 36.8. The predicted molar refractivity (Wildman–Crippen MR) is 153 cm³/mol. The Labute approximate surface area is 231 Å². The number of anilines is 3. The van der Waals surface area contributed by atoms with Gasteiger partial charge in [0.1, 0.15) is 11.4 Å². The molecule has 12 heteroatoms. The Hall–Kier alpha value is -4.26. The van der Waals surface area contributed by atoms with Crippen LogP contribution in [0.3, 0.4) is 0 Å². The molecule has 5 rings (SSSR count). The van der Waals surface area contributed by atoms with E-state index in [2.05, 4.69) is 10.3 Å². The van der Waals surface area contributed by atoms with Crippen LogP contribution in [0.4, 0.5) is 23.0 Å². The molecular weight excluding hydrogens is 514 g/mol. The van der Waals surface area contributed by atoms with Crippen LogP contribution in [0.25, 0.3) is 22.2 Å². The van der Waals surface area contributed by atoms with E-state index in [4.69, 9.17) is 9.72 Å². The average Bonchev–Trinajstić information content (AvgIpc) is 3.24. The van der Waals surface area contributed by atoms with Gasteiger partial charge in [0.25, 0.3) is 5.69 Å². The van der Waals surface area contributed by atoms with Crippen molar-refractivity contribution in [2.24, 2.45) is 0 Å². The zero-order chi connectivity index (χ0) is 28.6. The molecule has 2 unspecified atom stereocenters. The second-order valence-corrected chi connectivity index (χ2v) is 10.2. The van der Waals surface area contributed by atoms with E-state index >= 15 is 0 Å². The van der Waals surface area contributed by atoms with E-state index in [1.54, 1.807) is 18.3 Å². The van der Waals surface area contributed by atoms with E-state index in [-0.39, 0.29) is 24.6 Å². The molecule has 2 aromatic carbocycles. The van der Waals surface area contributed by atoms with Crippen molar-refractivity contribution < 1.29 is 19.9 Å². The number of nitro groups is 1. The summed E-state index contributed by atoms with van der Waals surface area (Å²) in [6, 6.07) is 12.7. The third-order valence-electron chi connectivity index (χ3n) is 7.24. The lowest BCUT2D eigenvalue weighted by Crippen LogP contribution is -2.37. The van der Waals surface area contributed by atoms with Gasteiger partial charge in [-0.25, -0.2) is 9.97 Å². The summed E-state index contributed by atoms with van der Waals surface area (Å²) in [6.07, 6.45) is 0.156. The van der Waals surface area contributed by atoms with Gasteiger partial charge in [-0.1, -0.05) is 18.2 Å². The Morgan fingerprint density at radius 1 is 1.15 bits per heavy atom. The van der Waals surface area contributed by atoms with E-state index in [9.17, 15) is 20.3 Å². The Kier molecular flexibility index (Phi) is 7.57. The predicted octanol–water partition coefficient (Wildman–Crippen LogP) is 3.03. The molecule has 3 heterocycles. The number of hydrogen-bond acceptors (Lipinski definition) is 10. The maximum absolute atomic E-state index is 12.0. The number of nitrogens with one attached hydrogen (secondary N) is 1. The summed E-state index contributed by atoms with van der Waals surface area (Å²) in [7, 11) is 7.21. The Morgan fingerprint density at radius 3 is 2.65 bits per heavy atom. The van der Waals surface area contributed by atoms with Gasteiger partial charge in [-0.3, -0.25) is 10.1 Å². The summed E-state index contributed by atoms with van der Waals surface area (Å²) in [6.45, 7) is 1.60. The first kappa shape index (κ1) is 27.3. The van der Waals surface area contributed by atoms with Crippen LogP contribution in [0.5, 0.6) is 5.75 Å². The zero-order valence-electron chi connectivity index (χ0n) is 22.9. The number of rotatable bonds is 9. The monoisotopic (exact) mass is 547 g/mol. The van der Waals surface area contributed by atoms with Crippen LogP contribution in [-0.2, 0) is 13.0 Å². The number of para-hydroxylation sites is 1. The zero-order valence-corrected chi connectivity index (χ0v) is 22.9. The SMILES string of the molecule is COc1cc(N(C)CCN(C)C)c([N+](=O)[O-])cc1Nc1nccc(-c2c3n(c4ccccc24)CC(O)C(O)C3)n1. The number of nitro benzene ring substituents is 1. The van der Waals surface area contributed by atoms with Gasteiger partial charge in [0.05, 0.1) is 42.2 Å². The van der Waals surface area contributed by atoms with Gasteiger partial charge in [0, 0.05) is 67.0 Å². The summed E-state index contributed by atoms with van der Waals surface area (Å²) < 4.78 is 7.62. The smallest absolute Gasteiger partial charge is 0.294 e. The van der Waals surface area contributed by atoms with Gasteiger partial charge in [-0.15, -0.1) is 0 Å². The number of benzene rings is 2. The molecule has 40 heavy (non-hydrogen) atoms. The van der Waals surface area contributed by atoms with Crippen LogP contribution in [0.1, 0.15) is 5.69 Å². The van der Waals surface area contributed by atoms with E-state index in [1.165, 1.54) is 13.2 Å². The topological polar surface area (TPSA) is 142 Å². The van der Waals surface area contributed by atoms with Gasteiger partial charge in [0.2, 0.25) is 5.95 Å². The maximum Gasteiger partial charge on any atom is 0.294 e. The van der Waals surface area contributed by atoms with Crippen LogP contribution >= 0.6 is 0 Å². The molecule has 0 aliphatic carbocycles. The molecule has 0 bridgehead atoms. The first-order valence-corrected chi connectivity index (χ1v) is 13.0. The van der Waals surface area contributed by atoms with Crippen LogP contribution < -0.4 is 15.0 Å². The third-order valence-corrected chi connectivity index (χ3v) is 7.24. The van der Waals surface area contributed by atoms with Crippen LogP contribution in [0.2, 0.25) is 0 Å². The number of methoxy groups -OCH3 is 1. The Bertz CT molecular complexity index is 1550. The fourth-order valence-corrected chi connectivity index (χ4v) is 5.13. The molecule has 0 radical (unpaired) electrons. The molecule has 1 aliphatic heterocycles. The summed E-state index contributed by atoms with van der Waals surface area (Å²) in [4.78, 5) is 24.5. The van der Waals surface area contributed by atoms with E-state index in [1.807, 2.05) is 59.8 Å². The fraction of sp³-hybridized carbons (Fsp3) is 0.357. The lowest BCUT2D eigenvalue weighted by Gasteiger charge is -2.27. The minimum atomic E-state index is -0.880. The molecule has 0 spiro atoms. The quantitative estimate of drug-likeness (QED) is 0.211. The maximum atomic E-state index is 12.0. The van der Waals surface area contributed by atoms with E-state index < -0.39 is 17.1 Å². The molecule has 12 nitrogen and oxygen atoms in total. The largest absolute Gasteiger partial charge is 0.494 e. The number of likely N-dealkylation sites (N-methyl/N-ethyl adjacent to an activating group) is 2. The lowest BCUT2D eigenvalue weighted by atomic mass is 9.99. The molecule has 0 fully saturated rings. The second kappa shape index (κ2) is 11.1. The molecule has 0 saturated carbocycles. The first-order valence-electron chi connectivity index (χ1n) is 13.0. The van der Waals surface area contributed by atoms with Crippen molar-refractivity contribution in [1.29, 1.82) is 0 Å².